The lowest BCUT2D eigenvalue weighted by Gasteiger charge is -2.19. The summed E-state index contributed by atoms with van der Waals surface area (Å²) >= 11 is 0. The number of cyclic esters (lactones) is 3. The van der Waals surface area contributed by atoms with Crippen molar-refractivity contribution in [1.29, 1.82) is 0 Å². The SMILES string of the molecule is C/N=C1\OC(=O)C2C=CC(C3=CC4C(=O)OC(=O)C4C=C3)=CC12. The number of esters is 3. The highest BCUT2D eigenvalue weighted by atomic mass is 16.6. The first-order valence-electron chi connectivity index (χ1n) is 7.33. The number of carbonyl (C=O) groups is 3. The van der Waals surface area contributed by atoms with E-state index < -0.39 is 23.8 Å². The molecule has 0 radical (unpaired) electrons. The lowest BCUT2D eigenvalue weighted by molar-refractivity contribution is -0.153. The zero-order valence-corrected chi connectivity index (χ0v) is 12.3. The minimum Gasteiger partial charge on any atom is -0.411 e. The van der Waals surface area contributed by atoms with Gasteiger partial charge in [-0.15, -0.1) is 0 Å². The summed E-state index contributed by atoms with van der Waals surface area (Å²) in [6.07, 6.45) is 10.8. The summed E-state index contributed by atoms with van der Waals surface area (Å²) in [6, 6.07) is 0. The summed E-state index contributed by atoms with van der Waals surface area (Å²) in [4.78, 5) is 39.1. The van der Waals surface area contributed by atoms with Crippen molar-refractivity contribution in [1.82, 2.24) is 0 Å². The average Bonchev–Trinajstić information content (AvgIpc) is 3.04. The molecule has 0 N–H and O–H groups in total. The van der Waals surface area contributed by atoms with Crippen LogP contribution >= 0.6 is 0 Å². The zero-order chi connectivity index (χ0) is 16.1. The molecule has 23 heavy (non-hydrogen) atoms. The molecule has 2 saturated heterocycles. The highest BCUT2D eigenvalue weighted by molar-refractivity contribution is 6.02. The molecule has 4 unspecified atom stereocenters. The van der Waals surface area contributed by atoms with Gasteiger partial charge in [-0.3, -0.25) is 19.4 Å². The molecule has 0 aromatic heterocycles. The fraction of sp³-hybridized carbons (Fsp3) is 0.294. The number of carbonyl (C=O) groups excluding carboxylic acids is 3. The van der Waals surface area contributed by atoms with E-state index in [4.69, 9.17) is 4.74 Å². The molecule has 0 aromatic rings. The van der Waals surface area contributed by atoms with Crippen LogP contribution in [-0.4, -0.2) is 30.9 Å². The molecule has 0 saturated carbocycles. The number of hydrogen-bond acceptors (Lipinski definition) is 6. The number of nitrogens with zero attached hydrogens (tertiary/aromatic N) is 1. The van der Waals surface area contributed by atoms with Crippen molar-refractivity contribution in [2.24, 2.45) is 28.7 Å². The Morgan fingerprint density at radius 3 is 1.96 bits per heavy atom. The second-order valence-electron chi connectivity index (χ2n) is 5.79. The van der Waals surface area contributed by atoms with Gasteiger partial charge >= 0.3 is 17.9 Å². The van der Waals surface area contributed by atoms with E-state index >= 15 is 0 Å². The normalized spacial score (nSPS) is 36.4. The van der Waals surface area contributed by atoms with Crippen molar-refractivity contribution in [3.63, 3.8) is 0 Å². The van der Waals surface area contributed by atoms with Crippen LogP contribution in [0.5, 0.6) is 0 Å². The molecular formula is C17H13NO5. The summed E-state index contributed by atoms with van der Waals surface area (Å²) in [5.41, 5.74) is 1.69. The molecule has 2 aliphatic carbocycles. The molecule has 4 atom stereocenters. The van der Waals surface area contributed by atoms with Gasteiger partial charge in [0.25, 0.3) is 0 Å². The molecule has 4 rings (SSSR count). The molecule has 0 bridgehead atoms. The van der Waals surface area contributed by atoms with Crippen molar-refractivity contribution in [3.05, 3.63) is 47.6 Å². The van der Waals surface area contributed by atoms with Crippen molar-refractivity contribution in [3.8, 4) is 0 Å². The minimum atomic E-state index is -0.574. The van der Waals surface area contributed by atoms with Crippen LogP contribution < -0.4 is 0 Å². The topological polar surface area (TPSA) is 82.0 Å². The van der Waals surface area contributed by atoms with Crippen LogP contribution in [0, 0.1) is 23.7 Å². The first-order valence-corrected chi connectivity index (χ1v) is 7.33. The Morgan fingerprint density at radius 2 is 1.30 bits per heavy atom. The van der Waals surface area contributed by atoms with Gasteiger partial charge < -0.3 is 9.47 Å². The Kier molecular flexibility index (Phi) is 2.94. The fourth-order valence-corrected chi connectivity index (χ4v) is 3.30. The van der Waals surface area contributed by atoms with Crippen molar-refractivity contribution >= 4 is 23.8 Å². The Hall–Kier alpha value is -2.76. The molecule has 4 aliphatic rings. The van der Waals surface area contributed by atoms with Crippen LogP contribution in [-0.2, 0) is 23.9 Å². The lowest BCUT2D eigenvalue weighted by atomic mass is 9.81. The molecule has 0 spiro atoms. The van der Waals surface area contributed by atoms with Gasteiger partial charge in [0.05, 0.1) is 23.7 Å². The second-order valence-corrected chi connectivity index (χ2v) is 5.79. The quantitative estimate of drug-likeness (QED) is 0.535. The van der Waals surface area contributed by atoms with Gasteiger partial charge in [0, 0.05) is 7.05 Å². The first-order chi connectivity index (χ1) is 11.1. The number of hydrogen-bond donors (Lipinski definition) is 0. The molecule has 0 aromatic carbocycles. The Balaban J connectivity index is 1.67. The molecule has 6 heteroatoms. The van der Waals surface area contributed by atoms with E-state index in [9.17, 15) is 14.4 Å². The van der Waals surface area contributed by atoms with Crippen LogP contribution in [0.1, 0.15) is 0 Å². The maximum absolute atomic E-state index is 11.8. The number of rotatable bonds is 1. The third-order valence-corrected chi connectivity index (χ3v) is 4.52. The van der Waals surface area contributed by atoms with E-state index in [0.717, 1.165) is 11.1 Å². The summed E-state index contributed by atoms with van der Waals surface area (Å²) in [6.45, 7) is 0. The highest BCUT2D eigenvalue weighted by Gasteiger charge is 2.44. The van der Waals surface area contributed by atoms with E-state index in [1.807, 2.05) is 12.2 Å². The predicted octanol–water partition coefficient (Wildman–Crippen LogP) is 1.11. The minimum absolute atomic E-state index is 0.225. The summed E-state index contributed by atoms with van der Waals surface area (Å²) in [5.74, 6) is -2.61. The van der Waals surface area contributed by atoms with E-state index in [-0.39, 0.29) is 17.8 Å². The van der Waals surface area contributed by atoms with Gasteiger partial charge in [-0.2, -0.15) is 0 Å². The van der Waals surface area contributed by atoms with Gasteiger partial charge in [-0.1, -0.05) is 36.5 Å². The Labute approximate surface area is 131 Å². The molecular weight excluding hydrogens is 298 g/mol. The second kappa shape index (κ2) is 4.87. The van der Waals surface area contributed by atoms with Gasteiger partial charge in [-0.05, 0) is 11.1 Å². The van der Waals surface area contributed by atoms with E-state index in [1.165, 1.54) is 0 Å². The molecule has 6 nitrogen and oxygen atoms in total. The van der Waals surface area contributed by atoms with Crippen molar-refractivity contribution < 1.29 is 23.9 Å². The first kappa shape index (κ1) is 13.9. The van der Waals surface area contributed by atoms with Crippen LogP contribution in [0.15, 0.2) is 52.6 Å². The lowest BCUT2D eigenvalue weighted by Crippen LogP contribution is -2.19. The van der Waals surface area contributed by atoms with E-state index in [0.29, 0.717) is 5.90 Å². The fourth-order valence-electron chi connectivity index (χ4n) is 3.30. The number of allylic oxidation sites excluding steroid dienone is 4. The standard InChI is InChI=1S/C17H13NO5/c1-18-14-12-6-8(2-4-10(12)15(19)22-14)9-3-5-11-13(7-9)17(21)23-16(11)20/h2-7,10-13H,1H3/b18-14-. The van der Waals surface area contributed by atoms with Gasteiger partial charge in [0.15, 0.2) is 0 Å². The van der Waals surface area contributed by atoms with Crippen LogP contribution in [0.2, 0.25) is 0 Å². The smallest absolute Gasteiger partial charge is 0.321 e. The zero-order valence-electron chi connectivity index (χ0n) is 12.3. The molecule has 2 heterocycles. The van der Waals surface area contributed by atoms with Gasteiger partial charge in [0.2, 0.25) is 5.90 Å². The van der Waals surface area contributed by atoms with E-state index in [2.05, 4.69) is 9.73 Å². The highest BCUT2D eigenvalue weighted by Crippen LogP contribution is 2.37. The van der Waals surface area contributed by atoms with Crippen molar-refractivity contribution in [2.75, 3.05) is 7.05 Å². The van der Waals surface area contributed by atoms with Crippen LogP contribution in [0.25, 0.3) is 0 Å². The van der Waals surface area contributed by atoms with Crippen LogP contribution in [0.4, 0.5) is 0 Å². The molecule has 116 valence electrons. The van der Waals surface area contributed by atoms with E-state index in [1.54, 1.807) is 31.4 Å². The molecule has 2 fully saturated rings. The summed E-state index contributed by atoms with van der Waals surface area (Å²) in [5, 5.41) is 0. The van der Waals surface area contributed by atoms with Crippen LogP contribution in [0.3, 0.4) is 0 Å². The number of aliphatic imine (C=N–C) groups is 1. The Morgan fingerprint density at radius 1 is 0.783 bits per heavy atom. The van der Waals surface area contributed by atoms with Gasteiger partial charge in [-0.25, -0.2) is 0 Å². The maximum Gasteiger partial charge on any atom is 0.321 e. The Bertz CT molecular complexity index is 783. The average molecular weight is 311 g/mol. The predicted molar refractivity (Wildman–Crippen MR) is 79.0 cm³/mol. The van der Waals surface area contributed by atoms with Gasteiger partial charge in [0.1, 0.15) is 0 Å². The maximum atomic E-state index is 11.8. The third-order valence-electron chi connectivity index (χ3n) is 4.52. The number of ether oxygens (including phenoxy) is 2. The summed E-state index contributed by atoms with van der Waals surface area (Å²) < 4.78 is 9.82. The number of fused-ring (bicyclic) bond motifs is 2. The summed E-state index contributed by atoms with van der Waals surface area (Å²) in [7, 11) is 1.58. The van der Waals surface area contributed by atoms with Crippen molar-refractivity contribution in [2.45, 2.75) is 0 Å². The molecule has 2 aliphatic heterocycles. The third kappa shape index (κ3) is 2.02. The monoisotopic (exact) mass is 311 g/mol. The largest absolute Gasteiger partial charge is 0.411 e. The molecule has 0 amide bonds.